The molecule has 1 aliphatic rings. The van der Waals surface area contributed by atoms with E-state index in [2.05, 4.69) is 19.5 Å². The minimum absolute atomic E-state index is 0.347. The van der Waals surface area contributed by atoms with Gasteiger partial charge in [-0.15, -0.1) is 0 Å². The Labute approximate surface area is 179 Å². The van der Waals surface area contributed by atoms with E-state index in [-0.39, 0.29) is 0 Å². The second kappa shape index (κ2) is 7.60. The van der Waals surface area contributed by atoms with E-state index < -0.39 is 39.0 Å². The van der Waals surface area contributed by atoms with Gasteiger partial charge in [0.05, 0.1) is 18.6 Å². The number of phosphoric ester groups is 1. The maximum Gasteiger partial charge on any atom is 0.469 e. The number of nitrogens with zero attached hydrogens (tertiary/aromatic N) is 5. The fourth-order valence-electron chi connectivity index (χ4n) is 3.66. The van der Waals surface area contributed by atoms with Crippen LogP contribution in [0.2, 0.25) is 0 Å². The number of anilines is 1. The first-order valence-electron chi connectivity index (χ1n) is 9.49. The molecular formula is C18H19N6O7P. The van der Waals surface area contributed by atoms with E-state index in [9.17, 15) is 14.8 Å². The van der Waals surface area contributed by atoms with Gasteiger partial charge in [0.2, 0.25) is 0 Å². The van der Waals surface area contributed by atoms with Gasteiger partial charge in [0.15, 0.2) is 23.0 Å². The first-order chi connectivity index (χ1) is 15.2. The number of rotatable bonds is 5. The summed E-state index contributed by atoms with van der Waals surface area (Å²) < 4.78 is 24.1. The number of fused-ring (bicyclic) bond motifs is 3. The van der Waals surface area contributed by atoms with E-state index in [1.165, 1.54) is 17.2 Å². The number of imidazole rings is 2. The van der Waals surface area contributed by atoms with E-state index >= 15 is 0 Å². The monoisotopic (exact) mass is 462 g/mol. The Morgan fingerprint density at radius 2 is 1.84 bits per heavy atom. The van der Waals surface area contributed by atoms with Crippen LogP contribution in [0.25, 0.3) is 28.1 Å². The lowest BCUT2D eigenvalue weighted by Crippen LogP contribution is -2.33. The Morgan fingerprint density at radius 3 is 2.56 bits per heavy atom. The first-order valence-corrected chi connectivity index (χ1v) is 11.0. The van der Waals surface area contributed by atoms with Crippen LogP contribution in [-0.4, -0.2) is 68.8 Å². The summed E-state index contributed by atoms with van der Waals surface area (Å²) in [7, 11) is -4.76. The molecule has 4 heterocycles. The van der Waals surface area contributed by atoms with Crippen LogP contribution >= 0.6 is 7.82 Å². The van der Waals surface area contributed by atoms with Crippen molar-refractivity contribution in [3.8, 4) is 11.3 Å². The summed E-state index contributed by atoms with van der Waals surface area (Å²) in [6.45, 7) is -0.603. The third-order valence-corrected chi connectivity index (χ3v) is 5.73. The molecule has 4 aromatic rings. The second-order valence-electron chi connectivity index (χ2n) is 7.38. The van der Waals surface area contributed by atoms with Crippen LogP contribution in [-0.2, 0) is 13.8 Å². The normalized spacial score (nSPS) is 24.0. The molecule has 14 heteroatoms. The zero-order valence-corrected chi connectivity index (χ0v) is 17.2. The third-order valence-electron chi connectivity index (χ3n) is 5.24. The Kier molecular flexibility index (Phi) is 4.98. The Morgan fingerprint density at radius 1 is 1.09 bits per heavy atom. The minimum Gasteiger partial charge on any atom is -0.399 e. The second-order valence-corrected chi connectivity index (χ2v) is 8.62. The molecule has 1 aromatic carbocycles. The molecule has 1 saturated heterocycles. The summed E-state index contributed by atoms with van der Waals surface area (Å²) >= 11 is 0. The van der Waals surface area contributed by atoms with Crippen LogP contribution < -0.4 is 5.73 Å². The number of hydrogen-bond donors (Lipinski definition) is 5. The van der Waals surface area contributed by atoms with Gasteiger partial charge in [-0.3, -0.25) is 13.5 Å². The van der Waals surface area contributed by atoms with Crippen LogP contribution in [0.3, 0.4) is 0 Å². The topological polar surface area (TPSA) is 190 Å². The van der Waals surface area contributed by atoms with Gasteiger partial charge in [-0.25, -0.2) is 19.5 Å². The molecule has 0 aliphatic carbocycles. The van der Waals surface area contributed by atoms with Crippen molar-refractivity contribution in [1.29, 1.82) is 0 Å². The Balaban J connectivity index is 1.48. The van der Waals surface area contributed by atoms with Gasteiger partial charge >= 0.3 is 7.82 Å². The number of aliphatic hydroxyl groups excluding tert-OH is 2. The van der Waals surface area contributed by atoms with Gasteiger partial charge in [0, 0.05) is 17.4 Å². The molecular weight excluding hydrogens is 443 g/mol. The van der Waals surface area contributed by atoms with E-state index in [0.29, 0.717) is 28.2 Å². The third kappa shape index (κ3) is 3.65. The lowest BCUT2D eigenvalue weighted by Gasteiger charge is -2.16. The van der Waals surface area contributed by atoms with Crippen molar-refractivity contribution in [2.24, 2.45) is 0 Å². The van der Waals surface area contributed by atoms with Crippen molar-refractivity contribution in [3.63, 3.8) is 0 Å². The summed E-state index contributed by atoms with van der Waals surface area (Å²) in [5.41, 5.74) is 9.25. The molecule has 13 nitrogen and oxygen atoms in total. The van der Waals surface area contributed by atoms with Gasteiger partial charge in [-0.1, -0.05) is 12.1 Å². The van der Waals surface area contributed by atoms with Gasteiger partial charge in [0.1, 0.15) is 24.6 Å². The predicted molar refractivity (Wildman–Crippen MR) is 110 cm³/mol. The number of aliphatic hydroxyl groups is 2. The van der Waals surface area contributed by atoms with Crippen molar-refractivity contribution in [3.05, 3.63) is 43.1 Å². The summed E-state index contributed by atoms with van der Waals surface area (Å²) in [5.74, 6) is 0. The molecule has 5 rings (SSSR count). The van der Waals surface area contributed by atoms with E-state index in [4.69, 9.17) is 20.3 Å². The smallest absolute Gasteiger partial charge is 0.399 e. The van der Waals surface area contributed by atoms with Crippen molar-refractivity contribution in [2.45, 2.75) is 24.5 Å². The molecule has 0 unspecified atom stereocenters. The number of nitrogens with two attached hydrogens (primary N) is 1. The highest BCUT2D eigenvalue weighted by atomic mass is 31.2. The first kappa shape index (κ1) is 21.0. The molecule has 0 saturated carbocycles. The van der Waals surface area contributed by atoms with Gasteiger partial charge in [-0.05, 0) is 12.1 Å². The molecule has 1 aliphatic heterocycles. The number of aromatic nitrogens is 5. The molecule has 1 fully saturated rings. The van der Waals surface area contributed by atoms with E-state index in [1.54, 1.807) is 22.7 Å². The number of ether oxygens (including phenoxy) is 1. The zero-order valence-electron chi connectivity index (χ0n) is 16.3. The summed E-state index contributed by atoms with van der Waals surface area (Å²) in [6, 6.07) is 7.26. The fourth-order valence-corrected chi connectivity index (χ4v) is 4.00. The van der Waals surface area contributed by atoms with Gasteiger partial charge < -0.3 is 30.5 Å². The van der Waals surface area contributed by atoms with Crippen LogP contribution in [0.4, 0.5) is 5.69 Å². The molecule has 6 N–H and O–H groups in total. The zero-order chi connectivity index (χ0) is 22.6. The molecule has 0 radical (unpaired) electrons. The van der Waals surface area contributed by atoms with E-state index in [0.717, 1.165) is 5.56 Å². The largest absolute Gasteiger partial charge is 0.469 e. The SMILES string of the molecule is Nc1ccc(-c2cn3cnc4c(ncn4[C@@H]4O[C@H](COP(=O)(O)O)[C@@H](O)[C@H]4O)c3n2)cc1. The molecule has 168 valence electrons. The molecule has 3 aromatic heterocycles. The summed E-state index contributed by atoms with van der Waals surface area (Å²) in [6.07, 6.45) is -0.365. The minimum atomic E-state index is -4.76. The predicted octanol–water partition coefficient (Wildman–Crippen LogP) is 0.0567. The Hall–Kier alpha value is -2.90. The number of benzene rings is 1. The average Bonchev–Trinajstić information content (AvgIpc) is 3.43. The molecule has 0 spiro atoms. The van der Waals surface area contributed by atoms with Crippen LogP contribution in [0.5, 0.6) is 0 Å². The lowest BCUT2D eigenvalue weighted by molar-refractivity contribution is -0.0504. The highest BCUT2D eigenvalue weighted by molar-refractivity contribution is 7.46. The Bertz CT molecular complexity index is 1330. The van der Waals surface area contributed by atoms with Crippen LogP contribution in [0.1, 0.15) is 6.23 Å². The number of phosphoric acid groups is 1. The highest BCUT2D eigenvalue weighted by Crippen LogP contribution is 2.39. The number of nitrogen functional groups attached to an aromatic ring is 1. The maximum absolute atomic E-state index is 10.9. The van der Waals surface area contributed by atoms with Gasteiger partial charge in [0.25, 0.3) is 0 Å². The van der Waals surface area contributed by atoms with Crippen molar-refractivity contribution in [2.75, 3.05) is 12.3 Å². The fraction of sp³-hybridized carbons (Fsp3) is 0.278. The molecule has 4 atom stereocenters. The quantitative estimate of drug-likeness (QED) is 0.199. The number of hydrogen-bond acceptors (Lipinski definition) is 9. The maximum atomic E-state index is 10.9. The highest BCUT2D eigenvalue weighted by Gasteiger charge is 2.45. The summed E-state index contributed by atoms with van der Waals surface area (Å²) in [4.78, 5) is 31.1. The van der Waals surface area contributed by atoms with Crippen molar-refractivity contribution in [1.82, 2.24) is 23.9 Å². The molecule has 0 bridgehead atoms. The van der Waals surface area contributed by atoms with Gasteiger partial charge in [-0.2, -0.15) is 0 Å². The van der Waals surface area contributed by atoms with E-state index in [1.807, 2.05) is 12.1 Å². The lowest BCUT2D eigenvalue weighted by atomic mass is 10.1. The molecule has 32 heavy (non-hydrogen) atoms. The van der Waals surface area contributed by atoms with Crippen LogP contribution in [0, 0.1) is 0 Å². The summed E-state index contributed by atoms with van der Waals surface area (Å²) in [5, 5.41) is 20.7. The standard InChI is InChI=1S/C18H19N6O7P/c19-10-3-1-9(2-4-10)11-5-23-7-21-16-13(17(23)22-11)20-8-24(16)18-15(26)14(25)12(31-18)6-30-32(27,28)29/h1-5,7-8,12,14-15,18,25-26H,6,19H2,(H2,27,28,29)/t12-,14-,15-,18-/m1/s1. The van der Waals surface area contributed by atoms with Crippen LogP contribution in [0.15, 0.2) is 43.1 Å². The van der Waals surface area contributed by atoms with Crippen molar-refractivity contribution < 1.29 is 33.8 Å². The van der Waals surface area contributed by atoms with Crippen molar-refractivity contribution >= 4 is 30.3 Å². The molecule has 0 amide bonds. The average molecular weight is 462 g/mol.